The second kappa shape index (κ2) is 6.35. The highest BCUT2D eigenvalue weighted by Crippen LogP contribution is 2.27. The number of ether oxygens (including phenoxy) is 1. The third kappa shape index (κ3) is 3.88. The Labute approximate surface area is 129 Å². The summed E-state index contributed by atoms with van der Waals surface area (Å²) in [6.07, 6.45) is -0.840. The third-order valence-electron chi connectivity index (χ3n) is 3.43. The van der Waals surface area contributed by atoms with Gasteiger partial charge >= 0.3 is 5.97 Å². The molecule has 0 saturated heterocycles. The average molecular weight is 314 g/mol. The van der Waals surface area contributed by atoms with Crippen LogP contribution in [0.5, 0.6) is 5.75 Å². The SMILES string of the molecule is Cc1ccc(Cl)c(OC(C)C(=O)N(C)C(C)(C)C(=O)O)c1. The molecular formula is C15H20ClNO4. The molecule has 6 heteroatoms. The van der Waals surface area contributed by atoms with Crippen LogP contribution in [0.25, 0.3) is 0 Å². The fraction of sp³-hybridized carbons (Fsp3) is 0.467. The minimum atomic E-state index is -1.31. The molecule has 0 aliphatic heterocycles. The topological polar surface area (TPSA) is 66.8 Å². The maximum Gasteiger partial charge on any atom is 0.329 e. The zero-order valence-electron chi connectivity index (χ0n) is 12.8. The smallest absolute Gasteiger partial charge is 0.329 e. The molecule has 0 heterocycles. The summed E-state index contributed by atoms with van der Waals surface area (Å²) in [4.78, 5) is 24.6. The summed E-state index contributed by atoms with van der Waals surface area (Å²) >= 11 is 6.02. The van der Waals surface area contributed by atoms with Gasteiger partial charge in [0.05, 0.1) is 5.02 Å². The summed E-state index contributed by atoms with van der Waals surface area (Å²) < 4.78 is 5.57. The summed E-state index contributed by atoms with van der Waals surface area (Å²) in [5.74, 6) is -1.11. The molecule has 1 aromatic rings. The number of hydrogen-bond acceptors (Lipinski definition) is 3. The van der Waals surface area contributed by atoms with Crippen molar-refractivity contribution in [1.82, 2.24) is 4.90 Å². The lowest BCUT2D eigenvalue weighted by Crippen LogP contribution is -2.54. The second-order valence-corrected chi connectivity index (χ2v) is 5.86. The number of likely N-dealkylation sites (N-methyl/N-ethyl adjacent to an activating group) is 1. The number of carboxylic acid groups (broad SMARTS) is 1. The molecule has 0 bridgehead atoms. The van der Waals surface area contributed by atoms with Gasteiger partial charge in [0.2, 0.25) is 0 Å². The first kappa shape index (κ1) is 17.3. The lowest BCUT2D eigenvalue weighted by Gasteiger charge is -2.33. The summed E-state index contributed by atoms with van der Waals surface area (Å²) in [6.45, 7) is 6.37. The molecule has 1 atom stereocenters. The maximum absolute atomic E-state index is 12.3. The first-order valence-electron chi connectivity index (χ1n) is 6.51. The summed E-state index contributed by atoms with van der Waals surface area (Å²) in [7, 11) is 1.44. The van der Waals surface area contributed by atoms with Gasteiger partial charge in [0.25, 0.3) is 5.91 Å². The zero-order chi connectivity index (χ0) is 16.4. The Morgan fingerprint density at radius 3 is 2.48 bits per heavy atom. The summed E-state index contributed by atoms with van der Waals surface area (Å²) in [5.41, 5.74) is -0.362. The maximum atomic E-state index is 12.3. The normalized spacial score (nSPS) is 12.7. The van der Waals surface area contributed by atoms with Gasteiger partial charge in [-0.1, -0.05) is 17.7 Å². The highest BCUT2D eigenvalue weighted by atomic mass is 35.5. The average Bonchev–Trinajstić information content (AvgIpc) is 2.40. The van der Waals surface area contributed by atoms with Crippen molar-refractivity contribution in [3.63, 3.8) is 0 Å². The number of carboxylic acids is 1. The Bertz CT molecular complexity index is 557. The molecule has 0 aromatic heterocycles. The van der Waals surface area contributed by atoms with Gasteiger partial charge in [-0.05, 0) is 45.4 Å². The van der Waals surface area contributed by atoms with E-state index in [0.29, 0.717) is 10.8 Å². The molecule has 1 N–H and O–H groups in total. The van der Waals surface area contributed by atoms with Crippen molar-refractivity contribution >= 4 is 23.5 Å². The van der Waals surface area contributed by atoms with E-state index in [1.807, 2.05) is 13.0 Å². The molecule has 1 unspecified atom stereocenters. The molecule has 0 saturated carbocycles. The van der Waals surface area contributed by atoms with E-state index in [1.54, 1.807) is 19.1 Å². The number of carbonyl (C=O) groups is 2. The highest BCUT2D eigenvalue weighted by molar-refractivity contribution is 6.32. The van der Waals surface area contributed by atoms with Crippen LogP contribution in [0.4, 0.5) is 0 Å². The van der Waals surface area contributed by atoms with Gasteiger partial charge in [0.1, 0.15) is 11.3 Å². The van der Waals surface area contributed by atoms with E-state index in [-0.39, 0.29) is 0 Å². The van der Waals surface area contributed by atoms with Crippen LogP contribution >= 0.6 is 11.6 Å². The number of hydrogen-bond donors (Lipinski definition) is 1. The largest absolute Gasteiger partial charge is 0.480 e. The van der Waals surface area contributed by atoms with E-state index in [2.05, 4.69) is 0 Å². The Hall–Kier alpha value is -1.75. The molecule has 21 heavy (non-hydrogen) atoms. The van der Waals surface area contributed by atoms with E-state index >= 15 is 0 Å². The minimum absolute atomic E-state index is 0.402. The third-order valence-corrected chi connectivity index (χ3v) is 3.74. The van der Waals surface area contributed by atoms with Crippen LogP contribution in [0.2, 0.25) is 5.02 Å². The first-order chi connectivity index (χ1) is 9.57. The predicted octanol–water partition coefficient (Wildman–Crippen LogP) is 2.74. The van der Waals surface area contributed by atoms with Gasteiger partial charge in [0, 0.05) is 7.05 Å². The van der Waals surface area contributed by atoms with Crippen molar-refractivity contribution in [2.24, 2.45) is 0 Å². The number of amides is 1. The Morgan fingerprint density at radius 2 is 1.95 bits per heavy atom. The zero-order valence-corrected chi connectivity index (χ0v) is 13.6. The van der Waals surface area contributed by atoms with Gasteiger partial charge in [-0.3, -0.25) is 4.79 Å². The fourth-order valence-corrected chi connectivity index (χ4v) is 1.80. The quantitative estimate of drug-likeness (QED) is 0.907. The molecule has 0 fully saturated rings. The van der Waals surface area contributed by atoms with Crippen molar-refractivity contribution in [3.05, 3.63) is 28.8 Å². The van der Waals surface area contributed by atoms with Crippen LogP contribution in [-0.4, -0.2) is 40.6 Å². The van der Waals surface area contributed by atoms with Gasteiger partial charge in [-0.2, -0.15) is 0 Å². The van der Waals surface area contributed by atoms with Crippen molar-refractivity contribution in [1.29, 1.82) is 0 Å². The minimum Gasteiger partial charge on any atom is -0.480 e. The summed E-state index contributed by atoms with van der Waals surface area (Å²) in [5, 5.41) is 9.56. The molecule has 0 aliphatic rings. The monoisotopic (exact) mass is 313 g/mol. The van der Waals surface area contributed by atoms with E-state index < -0.39 is 23.5 Å². The first-order valence-corrected chi connectivity index (χ1v) is 6.89. The van der Waals surface area contributed by atoms with Gasteiger partial charge < -0.3 is 14.7 Å². The van der Waals surface area contributed by atoms with Crippen LogP contribution < -0.4 is 4.74 Å². The number of carbonyl (C=O) groups excluding carboxylic acids is 1. The Morgan fingerprint density at radius 1 is 1.38 bits per heavy atom. The molecule has 5 nitrogen and oxygen atoms in total. The van der Waals surface area contributed by atoms with Gasteiger partial charge in [-0.15, -0.1) is 0 Å². The number of rotatable bonds is 5. The molecular weight excluding hydrogens is 294 g/mol. The number of nitrogens with zero attached hydrogens (tertiary/aromatic N) is 1. The number of aryl methyl sites for hydroxylation is 1. The van der Waals surface area contributed by atoms with E-state index in [0.717, 1.165) is 10.5 Å². The van der Waals surface area contributed by atoms with Crippen molar-refractivity contribution < 1.29 is 19.4 Å². The lowest BCUT2D eigenvalue weighted by atomic mass is 10.0. The van der Waals surface area contributed by atoms with Gasteiger partial charge in [-0.25, -0.2) is 4.79 Å². The molecule has 0 radical (unpaired) electrons. The van der Waals surface area contributed by atoms with Crippen LogP contribution in [0, 0.1) is 6.92 Å². The van der Waals surface area contributed by atoms with Crippen LogP contribution in [-0.2, 0) is 9.59 Å². The van der Waals surface area contributed by atoms with Crippen molar-refractivity contribution in [2.75, 3.05) is 7.05 Å². The number of halogens is 1. The van der Waals surface area contributed by atoms with E-state index in [9.17, 15) is 9.59 Å². The second-order valence-electron chi connectivity index (χ2n) is 5.46. The highest BCUT2D eigenvalue weighted by Gasteiger charge is 2.37. The van der Waals surface area contributed by atoms with Crippen LogP contribution in [0.1, 0.15) is 26.3 Å². The molecule has 1 rings (SSSR count). The Balaban J connectivity index is 2.89. The lowest BCUT2D eigenvalue weighted by molar-refractivity contribution is -0.157. The van der Waals surface area contributed by atoms with Crippen molar-refractivity contribution in [2.45, 2.75) is 39.3 Å². The van der Waals surface area contributed by atoms with Crippen molar-refractivity contribution in [3.8, 4) is 5.75 Å². The van der Waals surface area contributed by atoms with Gasteiger partial charge in [0.15, 0.2) is 6.10 Å². The Kier molecular flexibility index (Phi) is 5.23. The molecule has 1 aromatic carbocycles. The molecule has 0 aliphatic carbocycles. The fourth-order valence-electron chi connectivity index (χ4n) is 1.63. The van der Waals surface area contributed by atoms with E-state index in [1.165, 1.54) is 20.9 Å². The van der Waals surface area contributed by atoms with E-state index in [4.69, 9.17) is 21.4 Å². The number of benzene rings is 1. The molecule has 116 valence electrons. The molecule has 0 spiro atoms. The standard InChI is InChI=1S/C15H20ClNO4/c1-9-6-7-11(16)12(8-9)21-10(2)13(18)17(5)15(3,4)14(19)20/h6-8,10H,1-5H3,(H,19,20). The molecule has 1 amide bonds. The number of aliphatic carboxylic acids is 1. The van der Waals surface area contributed by atoms with Crippen LogP contribution in [0.3, 0.4) is 0 Å². The summed E-state index contributed by atoms with van der Waals surface area (Å²) in [6, 6.07) is 5.25. The predicted molar refractivity (Wildman–Crippen MR) is 80.8 cm³/mol. The van der Waals surface area contributed by atoms with Crippen LogP contribution in [0.15, 0.2) is 18.2 Å².